The molecule has 0 aliphatic rings. The van der Waals surface area contributed by atoms with E-state index in [0.717, 1.165) is 5.56 Å². The molecule has 0 amide bonds. The number of nitro groups is 1. The van der Waals surface area contributed by atoms with Crippen LogP contribution in [0, 0.1) is 15.5 Å². The summed E-state index contributed by atoms with van der Waals surface area (Å²) >= 11 is 1.18. The van der Waals surface area contributed by atoms with Gasteiger partial charge in [0.2, 0.25) is 0 Å². The summed E-state index contributed by atoms with van der Waals surface area (Å²) in [5, 5.41) is 15.9. The van der Waals surface area contributed by atoms with Crippen LogP contribution in [-0.2, 0) is 6.54 Å². The Hall–Kier alpha value is -0.940. The Balaban J connectivity index is 2.52. The first-order chi connectivity index (χ1) is 7.30. The van der Waals surface area contributed by atoms with Crippen LogP contribution in [0.15, 0.2) is 11.4 Å². The molecule has 1 aromatic rings. The van der Waals surface area contributed by atoms with Crippen molar-refractivity contribution in [1.82, 2.24) is 5.32 Å². The first kappa shape index (κ1) is 13.1. The van der Waals surface area contributed by atoms with E-state index in [2.05, 4.69) is 33.0 Å². The number of hydrogen-bond acceptors (Lipinski definition) is 4. The lowest BCUT2D eigenvalue weighted by atomic mass is 9.88. The van der Waals surface area contributed by atoms with Crippen LogP contribution in [0.3, 0.4) is 0 Å². The highest BCUT2D eigenvalue weighted by Gasteiger charge is 2.19. The van der Waals surface area contributed by atoms with Crippen molar-refractivity contribution < 1.29 is 4.92 Å². The highest BCUT2D eigenvalue weighted by Crippen LogP contribution is 2.23. The molecule has 1 unspecified atom stereocenters. The predicted octanol–water partition coefficient (Wildman–Crippen LogP) is 3.18. The van der Waals surface area contributed by atoms with E-state index in [1.807, 2.05) is 5.38 Å². The largest absolute Gasteiger partial charge is 0.324 e. The van der Waals surface area contributed by atoms with Crippen molar-refractivity contribution in [2.75, 3.05) is 0 Å². The third kappa shape index (κ3) is 3.57. The third-order valence-corrected chi connectivity index (χ3v) is 3.66. The third-order valence-electron chi connectivity index (χ3n) is 2.73. The van der Waals surface area contributed by atoms with Crippen LogP contribution >= 0.6 is 11.3 Å². The monoisotopic (exact) mass is 242 g/mol. The summed E-state index contributed by atoms with van der Waals surface area (Å²) in [6.45, 7) is 9.31. The van der Waals surface area contributed by atoms with E-state index >= 15 is 0 Å². The SMILES string of the molecule is CC(NCc1csc([N+](=O)[O-])c1)C(C)(C)C. The highest BCUT2D eigenvalue weighted by molar-refractivity contribution is 7.13. The Kier molecular flexibility index (Phi) is 4.04. The topological polar surface area (TPSA) is 55.2 Å². The van der Waals surface area contributed by atoms with Gasteiger partial charge < -0.3 is 5.32 Å². The normalized spacial score (nSPS) is 13.8. The lowest BCUT2D eigenvalue weighted by molar-refractivity contribution is -0.380. The summed E-state index contributed by atoms with van der Waals surface area (Å²) in [5.41, 5.74) is 1.18. The Morgan fingerprint density at radius 3 is 2.62 bits per heavy atom. The maximum absolute atomic E-state index is 10.5. The second kappa shape index (κ2) is 4.93. The van der Waals surface area contributed by atoms with Crippen LogP contribution in [0.2, 0.25) is 0 Å². The maximum atomic E-state index is 10.5. The second-order valence-electron chi connectivity index (χ2n) is 5.02. The molecule has 5 heteroatoms. The summed E-state index contributed by atoms with van der Waals surface area (Å²) in [6, 6.07) is 2.00. The van der Waals surface area contributed by atoms with Gasteiger partial charge >= 0.3 is 5.00 Å². The molecule has 0 bridgehead atoms. The minimum absolute atomic E-state index is 0.196. The number of hydrogen-bond donors (Lipinski definition) is 1. The Bertz CT molecular complexity index is 368. The average molecular weight is 242 g/mol. The number of nitrogens with one attached hydrogen (secondary N) is 1. The quantitative estimate of drug-likeness (QED) is 0.651. The molecule has 1 rings (SSSR count). The van der Waals surface area contributed by atoms with Crippen molar-refractivity contribution in [3.63, 3.8) is 0 Å². The molecule has 1 aromatic heterocycles. The molecule has 4 nitrogen and oxygen atoms in total. The van der Waals surface area contributed by atoms with E-state index < -0.39 is 0 Å². The van der Waals surface area contributed by atoms with Gasteiger partial charge in [0.15, 0.2) is 0 Å². The van der Waals surface area contributed by atoms with Gasteiger partial charge in [-0.15, -0.1) is 0 Å². The predicted molar refractivity (Wildman–Crippen MR) is 66.7 cm³/mol. The molecule has 0 fully saturated rings. The van der Waals surface area contributed by atoms with Crippen molar-refractivity contribution in [1.29, 1.82) is 0 Å². The Labute approximate surface area is 99.8 Å². The summed E-state index contributed by atoms with van der Waals surface area (Å²) in [5.74, 6) is 0. The number of thiophene rings is 1. The zero-order valence-corrected chi connectivity index (χ0v) is 10.9. The van der Waals surface area contributed by atoms with Crippen LogP contribution in [0.25, 0.3) is 0 Å². The average Bonchev–Trinajstić information content (AvgIpc) is 2.60. The van der Waals surface area contributed by atoms with E-state index in [1.54, 1.807) is 6.07 Å². The van der Waals surface area contributed by atoms with E-state index in [0.29, 0.717) is 12.6 Å². The van der Waals surface area contributed by atoms with Gasteiger partial charge in [0.05, 0.1) is 4.92 Å². The summed E-state index contributed by atoms with van der Waals surface area (Å²) in [7, 11) is 0. The first-order valence-electron chi connectivity index (χ1n) is 5.26. The van der Waals surface area contributed by atoms with Gasteiger partial charge in [-0.05, 0) is 17.9 Å². The van der Waals surface area contributed by atoms with Crippen LogP contribution in [0.5, 0.6) is 0 Å². The zero-order chi connectivity index (χ0) is 12.3. The molecule has 1 heterocycles. The van der Waals surface area contributed by atoms with Crippen molar-refractivity contribution in [3.05, 3.63) is 27.1 Å². The molecule has 0 saturated carbocycles. The minimum atomic E-state index is -0.346. The maximum Gasteiger partial charge on any atom is 0.324 e. The molecule has 0 spiro atoms. The lowest BCUT2D eigenvalue weighted by Crippen LogP contribution is -2.37. The molecular weight excluding hydrogens is 224 g/mol. The van der Waals surface area contributed by atoms with Gasteiger partial charge in [-0.3, -0.25) is 10.1 Å². The van der Waals surface area contributed by atoms with Crippen LogP contribution in [-0.4, -0.2) is 11.0 Å². The highest BCUT2D eigenvalue weighted by atomic mass is 32.1. The molecule has 90 valence electrons. The molecule has 0 aliphatic carbocycles. The summed E-state index contributed by atoms with van der Waals surface area (Å²) in [4.78, 5) is 10.2. The standard InChI is InChI=1S/C11H18N2O2S/c1-8(11(2,3)4)12-6-9-5-10(13(14)15)16-7-9/h5,7-8,12H,6H2,1-4H3. The minimum Gasteiger partial charge on any atom is -0.310 e. The molecule has 0 aromatic carbocycles. The van der Waals surface area contributed by atoms with E-state index in [4.69, 9.17) is 0 Å². The molecule has 1 atom stereocenters. The summed E-state index contributed by atoms with van der Waals surface area (Å²) in [6.07, 6.45) is 0. The molecule has 1 N–H and O–H groups in total. The second-order valence-corrected chi connectivity index (χ2v) is 5.91. The van der Waals surface area contributed by atoms with Gasteiger partial charge in [-0.2, -0.15) is 0 Å². The molecule has 0 saturated heterocycles. The molecule has 16 heavy (non-hydrogen) atoms. The number of nitrogens with zero attached hydrogens (tertiary/aromatic N) is 1. The van der Waals surface area contributed by atoms with E-state index in [9.17, 15) is 10.1 Å². The zero-order valence-electron chi connectivity index (χ0n) is 10.1. The fourth-order valence-corrected chi connectivity index (χ4v) is 1.86. The molecule has 0 aliphatic heterocycles. The van der Waals surface area contributed by atoms with E-state index in [1.165, 1.54) is 11.3 Å². The van der Waals surface area contributed by atoms with Gasteiger partial charge in [-0.25, -0.2) is 0 Å². The smallest absolute Gasteiger partial charge is 0.310 e. The van der Waals surface area contributed by atoms with Crippen LogP contribution in [0.1, 0.15) is 33.3 Å². The summed E-state index contributed by atoms with van der Waals surface area (Å²) < 4.78 is 0. The molecule has 0 radical (unpaired) electrons. The van der Waals surface area contributed by atoms with Gasteiger partial charge in [-0.1, -0.05) is 32.1 Å². The first-order valence-corrected chi connectivity index (χ1v) is 6.14. The van der Waals surface area contributed by atoms with Crippen LogP contribution in [0.4, 0.5) is 5.00 Å². The van der Waals surface area contributed by atoms with E-state index in [-0.39, 0.29) is 15.3 Å². The van der Waals surface area contributed by atoms with Gasteiger partial charge in [0.25, 0.3) is 0 Å². The molecular formula is C11H18N2O2S. The van der Waals surface area contributed by atoms with Crippen molar-refractivity contribution in [2.45, 2.75) is 40.3 Å². The van der Waals surface area contributed by atoms with Crippen LogP contribution < -0.4 is 5.32 Å². The van der Waals surface area contributed by atoms with Gasteiger partial charge in [0.1, 0.15) is 0 Å². The van der Waals surface area contributed by atoms with Crippen molar-refractivity contribution in [3.8, 4) is 0 Å². The van der Waals surface area contributed by atoms with Crippen molar-refractivity contribution >= 4 is 16.3 Å². The van der Waals surface area contributed by atoms with Crippen molar-refractivity contribution in [2.24, 2.45) is 5.41 Å². The fraction of sp³-hybridized carbons (Fsp3) is 0.636. The van der Waals surface area contributed by atoms with Gasteiger partial charge in [0, 0.05) is 24.0 Å². The fourth-order valence-electron chi connectivity index (χ4n) is 1.13. The Morgan fingerprint density at radius 1 is 1.56 bits per heavy atom. The number of rotatable bonds is 4. The lowest BCUT2D eigenvalue weighted by Gasteiger charge is -2.28. The Morgan fingerprint density at radius 2 is 2.19 bits per heavy atom.